The lowest BCUT2D eigenvalue weighted by Crippen LogP contribution is -2.43. The Labute approximate surface area is 133 Å². The highest BCUT2D eigenvalue weighted by atomic mass is 16.6. The lowest BCUT2D eigenvalue weighted by Gasteiger charge is -2.36. The van der Waals surface area contributed by atoms with Gasteiger partial charge in [-0.2, -0.15) is 0 Å². The molecule has 1 fully saturated rings. The highest BCUT2D eigenvalue weighted by Crippen LogP contribution is 2.30. The van der Waals surface area contributed by atoms with Gasteiger partial charge in [-0.15, -0.1) is 0 Å². The quantitative estimate of drug-likeness (QED) is 0.928. The van der Waals surface area contributed by atoms with E-state index in [4.69, 9.17) is 4.74 Å². The van der Waals surface area contributed by atoms with Crippen LogP contribution in [0.2, 0.25) is 0 Å². The van der Waals surface area contributed by atoms with Crippen molar-refractivity contribution in [3.63, 3.8) is 0 Å². The van der Waals surface area contributed by atoms with Gasteiger partial charge in [-0.1, -0.05) is 30.3 Å². The van der Waals surface area contributed by atoms with Crippen molar-refractivity contribution < 1.29 is 9.53 Å². The van der Waals surface area contributed by atoms with Gasteiger partial charge >= 0.3 is 6.09 Å². The fourth-order valence-electron chi connectivity index (χ4n) is 3.08. The molecule has 0 aliphatic carbocycles. The summed E-state index contributed by atoms with van der Waals surface area (Å²) in [6, 6.07) is 10.9. The standard InChI is InChI=1S/C18H28N2O2/c1-18(2,3)22-17(21)20-12-10-15(11-13-20)16(19-4)14-8-6-5-7-9-14/h5-9,15-16,19H,10-13H2,1-4H3. The zero-order chi connectivity index (χ0) is 16.2. The molecule has 1 amide bonds. The molecule has 4 heteroatoms. The van der Waals surface area contributed by atoms with Gasteiger partial charge in [0.25, 0.3) is 0 Å². The molecule has 1 aromatic carbocycles. The number of amides is 1. The third kappa shape index (κ3) is 4.47. The van der Waals surface area contributed by atoms with Gasteiger partial charge in [-0.3, -0.25) is 0 Å². The summed E-state index contributed by atoms with van der Waals surface area (Å²) in [6.07, 6.45) is 1.81. The predicted octanol–water partition coefficient (Wildman–Crippen LogP) is 3.59. The molecule has 0 aromatic heterocycles. The van der Waals surface area contributed by atoms with E-state index in [-0.39, 0.29) is 6.09 Å². The highest BCUT2D eigenvalue weighted by molar-refractivity contribution is 5.68. The van der Waals surface area contributed by atoms with Crippen LogP contribution in [0.4, 0.5) is 4.79 Å². The summed E-state index contributed by atoms with van der Waals surface area (Å²) in [6.45, 7) is 7.26. The Morgan fingerprint density at radius 2 is 1.82 bits per heavy atom. The van der Waals surface area contributed by atoms with E-state index in [1.165, 1.54) is 5.56 Å². The SMILES string of the molecule is CNC(c1ccccc1)C1CCN(C(=O)OC(C)(C)C)CC1. The van der Waals surface area contributed by atoms with Gasteiger partial charge in [0.1, 0.15) is 5.60 Å². The first kappa shape index (κ1) is 16.8. The minimum Gasteiger partial charge on any atom is -0.444 e. The number of carbonyl (C=O) groups excluding carboxylic acids is 1. The van der Waals surface area contributed by atoms with Crippen LogP contribution in [-0.4, -0.2) is 36.7 Å². The first-order chi connectivity index (χ1) is 10.4. The van der Waals surface area contributed by atoms with Crippen molar-refractivity contribution in [3.05, 3.63) is 35.9 Å². The molecule has 1 aliphatic rings. The topological polar surface area (TPSA) is 41.6 Å². The summed E-state index contributed by atoms with van der Waals surface area (Å²) in [5.74, 6) is 0.547. The summed E-state index contributed by atoms with van der Waals surface area (Å²) in [5, 5.41) is 3.44. The van der Waals surface area contributed by atoms with Crippen LogP contribution in [0, 0.1) is 5.92 Å². The van der Waals surface area contributed by atoms with Gasteiger partial charge in [-0.25, -0.2) is 4.79 Å². The molecular weight excluding hydrogens is 276 g/mol. The van der Waals surface area contributed by atoms with Gasteiger partial charge in [0.05, 0.1) is 0 Å². The summed E-state index contributed by atoms with van der Waals surface area (Å²) < 4.78 is 5.46. The van der Waals surface area contributed by atoms with E-state index in [0.29, 0.717) is 12.0 Å². The Morgan fingerprint density at radius 3 is 2.32 bits per heavy atom. The van der Waals surface area contributed by atoms with Crippen molar-refractivity contribution >= 4 is 6.09 Å². The second-order valence-corrected chi connectivity index (χ2v) is 6.98. The molecule has 1 aliphatic heterocycles. The van der Waals surface area contributed by atoms with Crippen molar-refractivity contribution in [1.82, 2.24) is 10.2 Å². The Balaban J connectivity index is 1.92. The zero-order valence-corrected chi connectivity index (χ0v) is 14.1. The second-order valence-electron chi connectivity index (χ2n) is 6.98. The fraction of sp³-hybridized carbons (Fsp3) is 0.611. The summed E-state index contributed by atoms with van der Waals surface area (Å²) in [7, 11) is 2.01. The van der Waals surface area contributed by atoms with Crippen LogP contribution in [0.15, 0.2) is 30.3 Å². The molecule has 1 atom stereocenters. The molecule has 2 rings (SSSR count). The molecule has 22 heavy (non-hydrogen) atoms. The summed E-state index contributed by atoms with van der Waals surface area (Å²) in [4.78, 5) is 14.0. The molecule has 0 saturated carbocycles. The highest BCUT2D eigenvalue weighted by Gasteiger charge is 2.30. The summed E-state index contributed by atoms with van der Waals surface area (Å²) in [5.41, 5.74) is 0.895. The first-order valence-electron chi connectivity index (χ1n) is 8.11. The maximum atomic E-state index is 12.1. The number of nitrogens with zero attached hydrogens (tertiary/aromatic N) is 1. The summed E-state index contributed by atoms with van der Waals surface area (Å²) >= 11 is 0. The van der Waals surface area contributed by atoms with E-state index in [2.05, 4.69) is 29.6 Å². The number of nitrogens with one attached hydrogen (secondary N) is 1. The average molecular weight is 304 g/mol. The Bertz CT molecular complexity index is 474. The molecule has 0 bridgehead atoms. The molecule has 1 saturated heterocycles. The third-order valence-electron chi connectivity index (χ3n) is 4.13. The molecular formula is C18H28N2O2. The van der Waals surface area contributed by atoms with Gasteiger partial charge in [0.15, 0.2) is 0 Å². The Hall–Kier alpha value is -1.55. The number of hydrogen-bond donors (Lipinski definition) is 1. The molecule has 0 spiro atoms. The first-order valence-corrected chi connectivity index (χ1v) is 8.11. The molecule has 1 aromatic rings. The van der Waals surface area contributed by atoms with E-state index in [1.807, 2.05) is 38.8 Å². The molecule has 4 nitrogen and oxygen atoms in total. The number of rotatable bonds is 3. The van der Waals surface area contributed by atoms with Gasteiger partial charge in [-0.05, 0) is 52.1 Å². The van der Waals surface area contributed by atoms with Crippen LogP contribution in [0.1, 0.15) is 45.2 Å². The van der Waals surface area contributed by atoms with E-state index in [9.17, 15) is 4.79 Å². The maximum absolute atomic E-state index is 12.1. The van der Waals surface area contributed by atoms with Gasteiger partial charge < -0.3 is 15.0 Å². The predicted molar refractivity (Wildman–Crippen MR) is 88.8 cm³/mol. The van der Waals surface area contributed by atoms with E-state index in [0.717, 1.165) is 25.9 Å². The largest absolute Gasteiger partial charge is 0.444 e. The van der Waals surface area contributed by atoms with Gasteiger partial charge in [0, 0.05) is 19.1 Å². The van der Waals surface area contributed by atoms with Crippen molar-refractivity contribution in [2.75, 3.05) is 20.1 Å². The van der Waals surface area contributed by atoms with Crippen LogP contribution in [0.3, 0.4) is 0 Å². The maximum Gasteiger partial charge on any atom is 0.410 e. The number of ether oxygens (including phenoxy) is 1. The molecule has 0 radical (unpaired) electrons. The molecule has 1 N–H and O–H groups in total. The second kappa shape index (κ2) is 7.14. The molecule has 1 unspecified atom stereocenters. The van der Waals surface area contributed by atoms with Crippen molar-refractivity contribution in [1.29, 1.82) is 0 Å². The van der Waals surface area contributed by atoms with Crippen molar-refractivity contribution in [3.8, 4) is 0 Å². The van der Waals surface area contributed by atoms with Crippen LogP contribution >= 0.6 is 0 Å². The molecule has 122 valence electrons. The van der Waals surface area contributed by atoms with Crippen LogP contribution in [0.25, 0.3) is 0 Å². The fourth-order valence-corrected chi connectivity index (χ4v) is 3.08. The Morgan fingerprint density at radius 1 is 1.23 bits per heavy atom. The molecule has 1 heterocycles. The van der Waals surface area contributed by atoms with Crippen LogP contribution in [-0.2, 0) is 4.74 Å². The number of likely N-dealkylation sites (tertiary alicyclic amines) is 1. The minimum atomic E-state index is -0.425. The smallest absolute Gasteiger partial charge is 0.410 e. The van der Waals surface area contributed by atoms with E-state index < -0.39 is 5.60 Å². The normalized spacial score (nSPS) is 18.1. The average Bonchev–Trinajstić information content (AvgIpc) is 2.48. The van der Waals surface area contributed by atoms with Crippen LogP contribution < -0.4 is 5.32 Å². The number of piperidine rings is 1. The Kier molecular flexibility index (Phi) is 5.46. The van der Waals surface area contributed by atoms with E-state index in [1.54, 1.807) is 0 Å². The number of carbonyl (C=O) groups is 1. The number of hydrogen-bond acceptors (Lipinski definition) is 3. The third-order valence-corrected chi connectivity index (χ3v) is 4.13. The number of benzene rings is 1. The van der Waals surface area contributed by atoms with Crippen molar-refractivity contribution in [2.45, 2.75) is 45.3 Å². The minimum absolute atomic E-state index is 0.188. The lowest BCUT2D eigenvalue weighted by molar-refractivity contribution is 0.0170. The lowest BCUT2D eigenvalue weighted by atomic mass is 9.85. The van der Waals surface area contributed by atoms with Crippen LogP contribution in [0.5, 0.6) is 0 Å². The van der Waals surface area contributed by atoms with Gasteiger partial charge in [0.2, 0.25) is 0 Å². The monoisotopic (exact) mass is 304 g/mol. The van der Waals surface area contributed by atoms with Crippen molar-refractivity contribution in [2.24, 2.45) is 5.92 Å². The van der Waals surface area contributed by atoms with E-state index >= 15 is 0 Å². The zero-order valence-electron chi connectivity index (χ0n) is 14.1.